The second-order valence-electron chi connectivity index (χ2n) is 1.92. The zero-order chi connectivity index (χ0) is 5.98. The van der Waals surface area contributed by atoms with Crippen molar-refractivity contribution in [2.24, 2.45) is 10.9 Å². The Kier molecular flexibility index (Phi) is 1.27. The van der Waals surface area contributed by atoms with E-state index in [9.17, 15) is 4.79 Å². The Bertz CT molecular complexity index is 147. The Balaban J connectivity index is 2.36. The molecule has 2 heteroatoms. The van der Waals surface area contributed by atoms with E-state index in [1.165, 1.54) is 6.08 Å². The van der Waals surface area contributed by atoms with Gasteiger partial charge in [-0.05, 0) is 6.42 Å². The summed E-state index contributed by atoms with van der Waals surface area (Å²) >= 11 is 0. The molecule has 0 saturated heterocycles. The topological polar surface area (TPSA) is 29.4 Å². The van der Waals surface area contributed by atoms with Crippen molar-refractivity contribution in [3.8, 4) is 0 Å². The fraction of sp³-hybridized carbons (Fsp3) is 0.500. The smallest absolute Gasteiger partial charge is 0.211 e. The lowest BCUT2D eigenvalue weighted by Gasteiger charge is -1.74. The van der Waals surface area contributed by atoms with Crippen LogP contribution in [0.25, 0.3) is 0 Å². The monoisotopic (exact) mass is 109 g/mol. The molecule has 1 fully saturated rings. The van der Waals surface area contributed by atoms with Crippen molar-refractivity contribution in [2.75, 3.05) is 0 Å². The third kappa shape index (κ3) is 0.849. The van der Waals surface area contributed by atoms with Gasteiger partial charge in [0.1, 0.15) is 0 Å². The van der Waals surface area contributed by atoms with Gasteiger partial charge in [-0.25, -0.2) is 9.79 Å². The molecule has 0 amide bonds. The maximum Gasteiger partial charge on any atom is 0.235 e. The summed E-state index contributed by atoms with van der Waals surface area (Å²) in [5.74, 6) is 0.455. The van der Waals surface area contributed by atoms with Crippen LogP contribution in [0.15, 0.2) is 17.6 Å². The molecule has 0 aromatic heterocycles. The number of carbonyl (C=O) groups excluding carboxylic acids is 1. The van der Waals surface area contributed by atoms with E-state index in [1.54, 1.807) is 0 Å². The van der Waals surface area contributed by atoms with E-state index in [1.807, 2.05) is 6.08 Å². The maximum absolute atomic E-state index is 9.59. The van der Waals surface area contributed by atoms with Gasteiger partial charge in [0.25, 0.3) is 0 Å². The number of hydrogen-bond donors (Lipinski definition) is 0. The molecule has 1 aliphatic rings. The van der Waals surface area contributed by atoms with Crippen LogP contribution in [0.4, 0.5) is 0 Å². The average Bonchev–Trinajstić information content (AvgIpc) is 2.48. The third-order valence-electron chi connectivity index (χ3n) is 1.33. The summed E-state index contributed by atoms with van der Waals surface area (Å²) in [6.07, 6.45) is 4.33. The van der Waals surface area contributed by atoms with Crippen molar-refractivity contribution in [3.63, 3.8) is 0 Å². The largest absolute Gasteiger partial charge is 0.235 e. The first-order chi connectivity index (χ1) is 3.88. The van der Waals surface area contributed by atoms with Crippen molar-refractivity contribution in [1.82, 2.24) is 0 Å². The van der Waals surface area contributed by atoms with Gasteiger partial charge in [0, 0.05) is 5.92 Å². The molecule has 0 bridgehead atoms. The van der Waals surface area contributed by atoms with E-state index in [0.717, 1.165) is 6.42 Å². The summed E-state index contributed by atoms with van der Waals surface area (Å²) in [7, 11) is 0. The van der Waals surface area contributed by atoms with Crippen LogP contribution in [0.1, 0.15) is 6.42 Å². The highest BCUT2D eigenvalue weighted by molar-refractivity contribution is 5.35. The number of hydrogen-bond acceptors (Lipinski definition) is 2. The predicted molar refractivity (Wildman–Crippen MR) is 30.2 cm³/mol. The van der Waals surface area contributed by atoms with Crippen LogP contribution in [0.5, 0.6) is 0 Å². The SMILES string of the molecule is C=CC1CC1N=C=O. The molecule has 8 heavy (non-hydrogen) atoms. The van der Waals surface area contributed by atoms with Crippen molar-refractivity contribution in [3.05, 3.63) is 12.7 Å². The van der Waals surface area contributed by atoms with Crippen molar-refractivity contribution in [1.29, 1.82) is 0 Å². The highest BCUT2D eigenvalue weighted by Gasteiger charge is 2.33. The van der Waals surface area contributed by atoms with E-state index in [2.05, 4.69) is 11.6 Å². The van der Waals surface area contributed by atoms with Crippen LogP contribution in [-0.4, -0.2) is 12.1 Å². The Hall–Kier alpha value is -0.880. The lowest BCUT2D eigenvalue weighted by atomic mass is 10.4. The maximum atomic E-state index is 9.59. The summed E-state index contributed by atoms with van der Waals surface area (Å²) < 4.78 is 0. The molecule has 0 N–H and O–H groups in total. The fourth-order valence-corrected chi connectivity index (χ4v) is 0.670. The number of aliphatic imine (C=N–C) groups is 1. The number of nitrogens with zero attached hydrogens (tertiary/aromatic N) is 1. The Labute approximate surface area is 47.9 Å². The van der Waals surface area contributed by atoms with E-state index >= 15 is 0 Å². The molecule has 0 heterocycles. The summed E-state index contributed by atoms with van der Waals surface area (Å²) in [4.78, 5) is 13.1. The minimum atomic E-state index is 0.213. The van der Waals surface area contributed by atoms with Crippen molar-refractivity contribution >= 4 is 6.08 Å². The lowest BCUT2D eigenvalue weighted by Crippen LogP contribution is -1.75. The van der Waals surface area contributed by atoms with Crippen LogP contribution < -0.4 is 0 Å². The second kappa shape index (κ2) is 1.93. The number of rotatable bonds is 2. The molecule has 0 aromatic carbocycles. The van der Waals surface area contributed by atoms with Gasteiger partial charge in [0.15, 0.2) is 0 Å². The van der Waals surface area contributed by atoms with Gasteiger partial charge in [0.2, 0.25) is 6.08 Å². The van der Waals surface area contributed by atoms with Crippen molar-refractivity contribution in [2.45, 2.75) is 12.5 Å². The summed E-state index contributed by atoms with van der Waals surface area (Å²) in [5.41, 5.74) is 0. The first kappa shape index (κ1) is 5.26. The first-order valence-corrected chi connectivity index (χ1v) is 2.58. The highest BCUT2D eigenvalue weighted by Crippen LogP contribution is 2.33. The van der Waals surface area contributed by atoms with E-state index in [4.69, 9.17) is 0 Å². The number of isocyanates is 1. The van der Waals surface area contributed by atoms with Gasteiger partial charge in [0.05, 0.1) is 6.04 Å². The van der Waals surface area contributed by atoms with Gasteiger partial charge in [-0.3, -0.25) is 0 Å². The fourth-order valence-electron chi connectivity index (χ4n) is 0.670. The molecule has 1 rings (SSSR count). The van der Waals surface area contributed by atoms with E-state index in [0.29, 0.717) is 5.92 Å². The van der Waals surface area contributed by atoms with Crippen LogP contribution in [0.2, 0.25) is 0 Å². The molecule has 1 aliphatic carbocycles. The van der Waals surface area contributed by atoms with Gasteiger partial charge >= 0.3 is 0 Å². The Morgan fingerprint density at radius 1 is 1.88 bits per heavy atom. The lowest BCUT2D eigenvalue weighted by molar-refractivity contribution is 0.562. The zero-order valence-electron chi connectivity index (χ0n) is 4.50. The third-order valence-corrected chi connectivity index (χ3v) is 1.33. The molecular weight excluding hydrogens is 102 g/mol. The van der Waals surface area contributed by atoms with Gasteiger partial charge in [-0.2, -0.15) is 0 Å². The molecule has 0 aromatic rings. The summed E-state index contributed by atoms with van der Waals surface area (Å²) in [6, 6.07) is 0.213. The molecule has 0 radical (unpaired) electrons. The van der Waals surface area contributed by atoms with Crippen LogP contribution in [-0.2, 0) is 4.79 Å². The highest BCUT2D eigenvalue weighted by atomic mass is 16.1. The average molecular weight is 109 g/mol. The Morgan fingerprint density at radius 2 is 2.62 bits per heavy atom. The summed E-state index contributed by atoms with van der Waals surface area (Å²) in [5, 5.41) is 0. The molecule has 0 spiro atoms. The van der Waals surface area contributed by atoms with Crippen LogP contribution >= 0.6 is 0 Å². The standard InChI is InChI=1S/C6H7NO/c1-2-5-3-6(5)7-4-8/h2,5-6H,1,3H2. The van der Waals surface area contributed by atoms with Crippen molar-refractivity contribution < 1.29 is 4.79 Å². The van der Waals surface area contributed by atoms with E-state index in [-0.39, 0.29) is 6.04 Å². The van der Waals surface area contributed by atoms with Gasteiger partial charge in [-0.15, -0.1) is 6.58 Å². The summed E-state index contributed by atoms with van der Waals surface area (Å²) in [6.45, 7) is 3.57. The molecule has 1 saturated carbocycles. The quantitative estimate of drug-likeness (QED) is 0.294. The Morgan fingerprint density at radius 3 is 3.00 bits per heavy atom. The minimum Gasteiger partial charge on any atom is -0.211 e. The second-order valence-corrected chi connectivity index (χ2v) is 1.92. The van der Waals surface area contributed by atoms with E-state index < -0.39 is 0 Å². The predicted octanol–water partition coefficient (Wildman–Crippen LogP) is 0.897. The minimum absolute atomic E-state index is 0.213. The molecule has 0 aliphatic heterocycles. The van der Waals surface area contributed by atoms with Crippen LogP contribution in [0.3, 0.4) is 0 Å². The molecule has 2 nitrogen and oxygen atoms in total. The molecule has 2 unspecified atom stereocenters. The van der Waals surface area contributed by atoms with Gasteiger partial charge in [-0.1, -0.05) is 6.08 Å². The molecular formula is C6H7NO. The van der Waals surface area contributed by atoms with Crippen LogP contribution in [0, 0.1) is 5.92 Å². The first-order valence-electron chi connectivity index (χ1n) is 2.58. The molecule has 42 valence electrons. The zero-order valence-corrected chi connectivity index (χ0v) is 4.50. The molecule has 2 atom stereocenters. The normalized spacial score (nSPS) is 33.0. The van der Waals surface area contributed by atoms with Gasteiger partial charge < -0.3 is 0 Å².